The molecule has 0 saturated heterocycles. The van der Waals surface area contributed by atoms with Crippen molar-refractivity contribution in [3.63, 3.8) is 0 Å². The Balaban J connectivity index is 2.40. The van der Waals surface area contributed by atoms with E-state index in [2.05, 4.69) is 5.16 Å². The predicted molar refractivity (Wildman–Crippen MR) is 54.8 cm³/mol. The summed E-state index contributed by atoms with van der Waals surface area (Å²) in [5.74, 6) is 0.518. The second-order valence-electron chi connectivity index (χ2n) is 2.98. The van der Waals surface area contributed by atoms with Gasteiger partial charge in [0.2, 0.25) is 0 Å². The summed E-state index contributed by atoms with van der Waals surface area (Å²) in [6.07, 6.45) is 0.939. The standard InChI is InChI=1S/C10H10ClNO2/c1-2-5-13-10-8-6-7(11)3-4-9(8)14-12-10/h3-4,6H,2,5H2,1H3. The molecule has 0 spiro atoms. The van der Waals surface area contributed by atoms with E-state index in [1.54, 1.807) is 18.2 Å². The van der Waals surface area contributed by atoms with E-state index in [1.165, 1.54) is 0 Å². The van der Waals surface area contributed by atoms with Gasteiger partial charge in [-0.2, -0.15) is 0 Å². The normalized spacial score (nSPS) is 10.7. The van der Waals surface area contributed by atoms with Crippen molar-refractivity contribution in [2.75, 3.05) is 6.61 Å². The van der Waals surface area contributed by atoms with E-state index in [1.807, 2.05) is 6.92 Å². The third-order valence-corrected chi connectivity index (χ3v) is 2.08. The lowest BCUT2D eigenvalue weighted by molar-refractivity contribution is 0.284. The maximum Gasteiger partial charge on any atom is 0.262 e. The molecule has 74 valence electrons. The summed E-state index contributed by atoms with van der Waals surface area (Å²) >= 11 is 5.86. The van der Waals surface area contributed by atoms with Crippen molar-refractivity contribution in [3.05, 3.63) is 23.2 Å². The molecule has 0 saturated carbocycles. The van der Waals surface area contributed by atoms with Crippen LogP contribution in [0.5, 0.6) is 5.88 Å². The zero-order chi connectivity index (χ0) is 9.97. The van der Waals surface area contributed by atoms with Gasteiger partial charge in [0.15, 0.2) is 5.58 Å². The fourth-order valence-electron chi connectivity index (χ4n) is 1.19. The molecule has 3 nitrogen and oxygen atoms in total. The fraction of sp³-hybridized carbons (Fsp3) is 0.300. The molecule has 1 heterocycles. The Morgan fingerprint density at radius 1 is 1.50 bits per heavy atom. The maximum absolute atomic E-state index is 5.86. The molecule has 0 fully saturated rings. The van der Waals surface area contributed by atoms with Crippen LogP contribution in [0.25, 0.3) is 11.0 Å². The number of rotatable bonds is 3. The minimum absolute atomic E-state index is 0.518. The Bertz CT molecular complexity index is 439. The van der Waals surface area contributed by atoms with Gasteiger partial charge in [-0.15, -0.1) is 0 Å². The molecule has 0 radical (unpaired) electrons. The molecule has 0 aliphatic carbocycles. The van der Waals surface area contributed by atoms with Gasteiger partial charge < -0.3 is 9.26 Å². The predicted octanol–water partition coefficient (Wildman–Crippen LogP) is 3.27. The lowest BCUT2D eigenvalue weighted by Gasteiger charge is -1.98. The first-order valence-corrected chi connectivity index (χ1v) is 4.87. The first-order valence-electron chi connectivity index (χ1n) is 4.49. The van der Waals surface area contributed by atoms with E-state index in [0.29, 0.717) is 23.1 Å². The average molecular weight is 212 g/mol. The van der Waals surface area contributed by atoms with Gasteiger partial charge in [-0.3, -0.25) is 0 Å². The lowest BCUT2D eigenvalue weighted by Crippen LogP contribution is -1.94. The number of hydrogen-bond acceptors (Lipinski definition) is 3. The fourth-order valence-corrected chi connectivity index (χ4v) is 1.36. The number of halogens is 1. The largest absolute Gasteiger partial charge is 0.475 e. The van der Waals surface area contributed by atoms with Crippen LogP contribution >= 0.6 is 11.6 Å². The van der Waals surface area contributed by atoms with Crippen LogP contribution in [-0.2, 0) is 0 Å². The molecule has 1 aromatic carbocycles. The Labute approximate surface area is 86.6 Å². The topological polar surface area (TPSA) is 35.3 Å². The molecule has 0 unspecified atom stereocenters. The van der Waals surface area contributed by atoms with Crippen LogP contribution in [0, 0.1) is 0 Å². The van der Waals surface area contributed by atoms with Crippen molar-refractivity contribution < 1.29 is 9.26 Å². The summed E-state index contributed by atoms with van der Waals surface area (Å²) < 4.78 is 10.5. The van der Waals surface area contributed by atoms with Gasteiger partial charge in [-0.25, -0.2) is 0 Å². The molecule has 0 aliphatic rings. The molecule has 4 heteroatoms. The minimum Gasteiger partial charge on any atom is -0.475 e. The zero-order valence-electron chi connectivity index (χ0n) is 7.79. The van der Waals surface area contributed by atoms with Gasteiger partial charge in [0.25, 0.3) is 5.88 Å². The van der Waals surface area contributed by atoms with Gasteiger partial charge in [0.05, 0.1) is 12.0 Å². The Morgan fingerprint density at radius 2 is 2.36 bits per heavy atom. The highest BCUT2D eigenvalue weighted by Gasteiger charge is 2.08. The molecular weight excluding hydrogens is 202 g/mol. The van der Waals surface area contributed by atoms with E-state index in [9.17, 15) is 0 Å². The number of ether oxygens (including phenoxy) is 1. The lowest BCUT2D eigenvalue weighted by atomic mass is 10.2. The van der Waals surface area contributed by atoms with Gasteiger partial charge in [-0.1, -0.05) is 18.5 Å². The smallest absolute Gasteiger partial charge is 0.262 e. The molecule has 0 atom stereocenters. The van der Waals surface area contributed by atoms with E-state index < -0.39 is 0 Å². The van der Waals surface area contributed by atoms with E-state index in [-0.39, 0.29) is 0 Å². The number of fused-ring (bicyclic) bond motifs is 1. The molecule has 2 rings (SSSR count). The van der Waals surface area contributed by atoms with Crippen LogP contribution in [0.15, 0.2) is 22.7 Å². The van der Waals surface area contributed by atoms with Crippen LogP contribution in [-0.4, -0.2) is 11.8 Å². The number of benzene rings is 1. The average Bonchev–Trinajstić information content (AvgIpc) is 2.57. The SMILES string of the molecule is CCCOc1noc2ccc(Cl)cc12. The summed E-state index contributed by atoms with van der Waals surface area (Å²) in [5, 5.41) is 5.30. The quantitative estimate of drug-likeness (QED) is 0.782. The van der Waals surface area contributed by atoms with Crippen LogP contribution in [0.4, 0.5) is 0 Å². The van der Waals surface area contributed by atoms with E-state index in [0.717, 1.165) is 11.8 Å². The molecule has 1 aromatic heterocycles. The molecule has 14 heavy (non-hydrogen) atoms. The van der Waals surface area contributed by atoms with Gasteiger partial charge in [-0.05, 0) is 29.8 Å². The van der Waals surface area contributed by atoms with Gasteiger partial charge >= 0.3 is 0 Å². The molecule has 0 amide bonds. The second-order valence-corrected chi connectivity index (χ2v) is 3.41. The van der Waals surface area contributed by atoms with Crippen molar-refractivity contribution in [1.82, 2.24) is 5.16 Å². The first-order chi connectivity index (χ1) is 6.81. The highest BCUT2D eigenvalue weighted by molar-refractivity contribution is 6.31. The summed E-state index contributed by atoms with van der Waals surface area (Å²) in [6.45, 7) is 2.67. The van der Waals surface area contributed by atoms with Crippen LogP contribution in [0.3, 0.4) is 0 Å². The third-order valence-electron chi connectivity index (χ3n) is 1.84. The maximum atomic E-state index is 5.86. The molecule has 0 N–H and O–H groups in total. The van der Waals surface area contributed by atoms with Crippen LogP contribution in [0.1, 0.15) is 13.3 Å². The van der Waals surface area contributed by atoms with Gasteiger partial charge in [0.1, 0.15) is 0 Å². The first kappa shape index (κ1) is 9.34. The van der Waals surface area contributed by atoms with Crippen molar-refractivity contribution >= 4 is 22.6 Å². The summed E-state index contributed by atoms with van der Waals surface area (Å²) in [7, 11) is 0. The Kier molecular flexibility index (Phi) is 2.59. The van der Waals surface area contributed by atoms with Gasteiger partial charge in [0, 0.05) is 5.02 Å². The highest BCUT2D eigenvalue weighted by Crippen LogP contribution is 2.27. The van der Waals surface area contributed by atoms with Crippen molar-refractivity contribution in [1.29, 1.82) is 0 Å². The van der Waals surface area contributed by atoms with E-state index >= 15 is 0 Å². The Hall–Kier alpha value is -1.22. The van der Waals surface area contributed by atoms with Crippen LogP contribution in [0.2, 0.25) is 5.02 Å². The van der Waals surface area contributed by atoms with E-state index in [4.69, 9.17) is 20.9 Å². The monoisotopic (exact) mass is 211 g/mol. The second kappa shape index (κ2) is 3.88. The number of aromatic nitrogens is 1. The van der Waals surface area contributed by atoms with Crippen molar-refractivity contribution in [3.8, 4) is 5.88 Å². The summed E-state index contributed by atoms with van der Waals surface area (Å²) in [4.78, 5) is 0. The highest BCUT2D eigenvalue weighted by atomic mass is 35.5. The molecular formula is C10H10ClNO2. The molecule has 2 aromatic rings. The van der Waals surface area contributed by atoms with Crippen molar-refractivity contribution in [2.24, 2.45) is 0 Å². The zero-order valence-corrected chi connectivity index (χ0v) is 8.54. The molecule has 0 bridgehead atoms. The Morgan fingerprint density at radius 3 is 3.14 bits per heavy atom. The van der Waals surface area contributed by atoms with Crippen LogP contribution < -0.4 is 4.74 Å². The third kappa shape index (κ3) is 1.68. The number of nitrogens with zero attached hydrogens (tertiary/aromatic N) is 1. The summed E-state index contributed by atoms with van der Waals surface area (Å²) in [5.41, 5.74) is 0.695. The molecule has 0 aliphatic heterocycles. The van der Waals surface area contributed by atoms with Crippen molar-refractivity contribution in [2.45, 2.75) is 13.3 Å². The summed E-state index contributed by atoms with van der Waals surface area (Å²) in [6, 6.07) is 5.33. The number of hydrogen-bond donors (Lipinski definition) is 0. The minimum atomic E-state index is 0.518.